The molecule has 0 spiro atoms. The van der Waals surface area contributed by atoms with Gasteiger partial charge in [-0.1, -0.05) is 72.4 Å². The van der Waals surface area contributed by atoms with Crippen LogP contribution in [-0.2, 0) is 11.3 Å². The molecule has 0 saturated carbocycles. The van der Waals surface area contributed by atoms with Crippen LogP contribution in [0.1, 0.15) is 22.2 Å². The van der Waals surface area contributed by atoms with E-state index in [4.69, 9.17) is 0 Å². The molecule has 7 nitrogen and oxygen atoms in total. The maximum atomic E-state index is 12.7. The van der Waals surface area contributed by atoms with Gasteiger partial charge >= 0.3 is 0 Å². The summed E-state index contributed by atoms with van der Waals surface area (Å²) in [4.78, 5) is 17.0. The van der Waals surface area contributed by atoms with Crippen LogP contribution in [0.5, 0.6) is 0 Å². The number of carbonyl (C=O) groups is 1. The molecule has 4 rings (SSSR count). The minimum absolute atomic E-state index is 0.103. The van der Waals surface area contributed by atoms with Gasteiger partial charge in [-0.3, -0.25) is 4.79 Å². The van der Waals surface area contributed by atoms with Crippen LogP contribution in [0, 0.1) is 0 Å². The van der Waals surface area contributed by atoms with Crippen molar-refractivity contribution in [2.75, 3.05) is 5.75 Å². The first-order valence-electron chi connectivity index (χ1n) is 8.96. The molecule has 146 valence electrons. The van der Waals surface area contributed by atoms with Crippen LogP contribution in [-0.4, -0.2) is 36.9 Å². The smallest absolute Gasteiger partial charge is 0.231 e. The number of amides is 1. The third-order valence-electron chi connectivity index (χ3n) is 4.14. The molecule has 0 radical (unpaired) electrons. The normalized spacial score (nSPS) is 11.9. The van der Waals surface area contributed by atoms with Gasteiger partial charge in [-0.2, -0.15) is 0 Å². The summed E-state index contributed by atoms with van der Waals surface area (Å²) in [6, 6.07) is 19.5. The van der Waals surface area contributed by atoms with E-state index in [1.165, 1.54) is 23.1 Å². The van der Waals surface area contributed by atoms with Crippen molar-refractivity contribution in [2.24, 2.45) is 0 Å². The van der Waals surface area contributed by atoms with Crippen LogP contribution in [0.25, 0.3) is 0 Å². The molecule has 2 heterocycles. The van der Waals surface area contributed by atoms with Crippen molar-refractivity contribution < 1.29 is 4.79 Å². The van der Waals surface area contributed by atoms with Crippen molar-refractivity contribution in [2.45, 2.75) is 17.7 Å². The van der Waals surface area contributed by atoms with Gasteiger partial charge in [0.15, 0.2) is 0 Å². The van der Waals surface area contributed by atoms with E-state index in [-0.39, 0.29) is 17.7 Å². The lowest BCUT2D eigenvalue weighted by molar-refractivity contribution is -0.119. The molecule has 1 N–H and O–H groups in total. The summed E-state index contributed by atoms with van der Waals surface area (Å²) in [5.74, 6) is 0.109. The maximum Gasteiger partial charge on any atom is 0.231 e. The minimum atomic E-state index is -0.274. The fourth-order valence-electron chi connectivity index (χ4n) is 2.80. The number of rotatable bonds is 8. The van der Waals surface area contributed by atoms with Gasteiger partial charge < -0.3 is 5.32 Å². The summed E-state index contributed by atoms with van der Waals surface area (Å²) >= 11 is 2.83. The Bertz CT molecular complexity index is 1040. The predicted octanol–water partition coefficient (Wildman–Crippen LogP) is 3.18. The van der Waals surface area contributed by atoms with E-state index in [0.717, 1.165) is 16.1 Å². The average molecular weight is 423 g/mol. The van der Waals surface area contributed by atoms with Crippen molar-refractivity contribution in [3.8, 4) is 0 Å². The van der Waals surface area contributed by atoms with Crippen LogP contribution in [0.15, 0.2) is 77.4 Å². The third-order valence-corrected chi connectivity index (χ3v) is 5.94. The lowest BCUT2D eigenvalue weighted by Gasteiger charge is -2.17. The second kappa shape index (κ2) is 9.44. The van der Waals surface area contributed by atoms with Gasteiger partial charge in [0.1, 0.15) is 11.0 Å². The zero-order valence-electron chi connectivity index (χ0n) is 15.4. The Morgan fingerprint density at radius 3 is 2.59 bits per heavy atom. The van der Waals surface area contributed by atoms with Gasteiger partial charge in [-0.25, -0.2) is 9.67 Å². The van der Waals surface area contributed by atoms with Crippen molar-refractivity contribution in [1.82, 2.24) is 30.5 Å². The molecule has 0 bridgehead atoms. The van der Waals surface area contributed by atoms with E-state index in [2.05, 4.69) is 25.8 Å². The number of hydrogen-bond acceptors (Lipinski definition) is 7. The van der Waals surface area contributed by atoms with E-state index < -0.39 is 0 Å². The molecule has 29 heavy (non-hydrogen) atoms. The van der Waals surface area contributed by atoms with E-state index in [0.29, 0.717) is 11.7 Å². The summed E-state index contributed by atoms with van der Waals surface area (Å²) in [6.45, 7) is 0.559. The number of nitrogens with zero attached hydrogens (tertiary/aromatic N) is 5. The minimum Gasteiger partial charge on any atom is -0.342 e. The first kappa shape index (κ1) is 19.3. The molecule has 1 unspecified atom stereocenters. The number of carbonyl (C=O) groups excluding carboxylic acids is 1. The van der Waals surface area contributed by atoms with E-state index in [1.807, 2.05) is 66.0 Å². The second-order valence-corrected chi connectivity index (χ2v) is 8.04. The highest BCUT2D eigenvalue weighted by Gasteiger charge is 2.20. The fourth-order valence-corrected chi connectivity index (χ4v) is 4.20. The first-order valence-corrected chi connectivity index (χ1v) is 10.8. The molecule has 1 amide bonds. The molecule has 4 aromatic rings. The average Bonchev–Trinajstić information content (AvgIpc) is 3.44. The third kappa shape index (κ3) is 5.07. The highest BCUT2D eigenvalue weighted by atomic mass is 32.2. The van der Waals surface area contributed by atoms with Gasteiger partial charge in [0.2, 0.25) is 11.1 Å². The molecule has 2 aromatic heterocycles. The number of aromatic nitrogens is 5. The highest BCUT2D eigenvalue weighted by Crippen LogP contribution is 2.24. The Morgan fingerprint density at radius 1 is 1.10 bits per heavy atom. The lowest BCUT2D eigenvalue weighted by atomic mass is 10.1. The zero-order valence-corrected chi connectivity index (χ0v) is 17.0. The molecule has 1 atom stereocenters. The Hall–Kier alpha value is -3.04. The standard InChI is InChI=1S/C20H18N6OS2/c27-17(22-18(19-21-11-12-28-19)16-9-5-2-6-10-16)14-29-20-23-24-25-26(20)13-15-7-3-1-4-8-15/h1-12,18H,13-14H2,(H,22,27). The summed E-state index contributed by atoms with van der Waals surface area (Å²) in [5.41, 5.74) is 2.09. The van der Waals surface area contributed by atoms with Crippen LogP contribution < -0.4 is 5.32 Å². The summed E-state index contributed by atoms with van der Waals surface area (Å²) in [7, 11) is 0. The van der Waals surface area contributed by atoms with Crippen LogP contribution in [0.4, 0.5) is 0 Å². The SMILES string of the molecule is O=C(CSc1nnnn1Cc1ccccc1)NC(c1ccccc1)c1nccs1. The van der Waals surface area contributed by atoms with Gasteiger partial charge in [0.25, 0.3) is 0 Å². The molecular weight excluding hydrogens is 404 g/mol. The fraction of sp³-hybridized carbons (Fsp3) is 0.150. The number of tetrazole rings is 1. The predicted molar refractivity (Wildman–Crippen MR) is 113 cm³/mol. The van der Waals surface area contributed by atoms with Crippen molar-refractivity contribution in [3.05, 3.63) is 88.4 Å². The summed E-state index contributed by atoms with van der Waals surface area (Å²) in [5, 5.41) is 18.3. The Morgan fingerprint density at radius 2 is 1.86 bits per heavy atom. The molecule has 0 fully saturated rings. The highest BCUT2D eigenvalue weighted by molar-refractivity contribution is 7.99. The molecule has 2 aromatic carbocycles. The summed E-state index contributed by atoms with van der Waals surface area (Å²) in [6.07, 6.45) is 1.74. The van der Waals surface area contributed by atoms with E-state index in [9.17, 15) is 4.79 Å². The van der Waals surface area contributed by atoms with E-state index in [1.54, 1.807) is 10.9 Å². The lowest BCUT2D eigenvalue weighted by Crippen LogP contribution is -2.30. The van der Waals surface area contributed by atoms with Gasteiger partial charge in [0, 0.05) is 11.6 Å². The first-order chi connectivity index (χ1) is 14.3. The molecule has 0 aliphatic carbocycles. The Labute approximate surface area is 176 Å². The second-order valence-electron chi connectivity index (χ2n) is 6.17. The largest absolute Gasteiger partial charge is 0.342 e. The van der Waals surface area contributed by atoms with Crippen molar-refractivity contribution in [1.29, 1.82) is 0 Å². The van der Waals surface area contributed by atoms with Crippen LogP contribution >= 0.6 is 23.1 Å². The van der Waals surface area contributed by atoms with Crippen molar-refractivity contribution in [3.63, 3.8) is 0 Å². The number of thioether (sulfide) groups is 1. The molecule has 0 aliphatic heterocycles. The number of nitrogens with one attached hydrogen (secondary N) is 1. The van der Waals surface area contributed by atoms with Crippen LogP contribution in [0.2, 0.25) is 0 Å². The molecule has 0 aliphatic rings. The Kier molecular flexibility index (Phi) is 6.28. The molecule has 9 heteroatoms. The van der Waals surface area contributed by atoms with Crippen LogP contribution in [0.3, 0.4) is 0 Å². The monoisotopic (exact) mass is 422 g/mol. The molecule has 0 saturated heterocycles. The Balaban J connectivity index is 1.40. The van der Waals surface area contributed by atoms with Gasteiger partial charge in [-0.15, -0.1) is 16.4 Å². The number of hydrogen-bond donors (Lipinski definition) is 1. The topological polar surface area (TPSA) is 85.6 Å². The van der Waals surface area contributed by atoms with Crippen molar-refractivity contribution >= 4 is 29.0 Å². The summed E-state index contributed by atoms with van der Waals surface area (Å²) < 4.78 is 1.70. The quantitative estimate of drug-likeness (QED) is 0.439. The maximum absolute atomic E-state index is 12.7. The molecular formula is C20H18N6OS2. The number of benzene rings is 2. The van der Waals surface area contributed by atoms with Gasteiger partial charge in [-0.05, 0) is 21.6 Å². The zero-order chi connectivity index (χ0) is 19.9. The number of thiazole rings is 1. The van der Waals surface area contributed by atoms with Gasteiger partial charge in [0.05, 0.1) is 12.3 Å². The van der Waals surface area contributed by atoms with E-state index >= 15 is 0 Å².